The van der Waals surface area contributed by atoms with Crippen LogP contribution < -0.4 is 26.7 Å². The van der Waals surface area contributed by atoms with Crippen molar-refractivity contribution in [3.8, 4) is 5.75 Å². The van der Waals surface area contributed by atoms with Crippen molar-refractivity contribution in [2.24, 2.45) is 0 Å². The van der Waals surface area contributed by atoms with Crippen molar-refractivity contribution < 1.29 is 9.53 Å². The largest absolute Gasteiger partial charge is 0.496 e. The molecular formula is C25H33N7O3. The summed E-state index contributed by atoms with van der Waals surface area (Å²) in [5.74, 6) is 1.09. The molecule has 1 saturated heterocycles. The smallest absolute Gasteiger partial charge is 0.264 e. The minimum absolute atomic E-state index is 0.0223. The number of methoxy groups -OCH3 is 1. The second-order valence-corrected chi connectivity index (χ2v) is 8.84. The fraction of sp³-hybridized carbons (Fsp3) is 0.440. The summed E-state index contributed by atoms with van der Waals surface area (Å²) in [5.41, 5.74) is 7.52. The van der Waals surface area contributed by atoms with Crippen LogP contribution in [0.2, 0.25) is 0 Å². The lowest BCUT2D eigenvalue weighted by atomic mass is 10.1. The van der Waals surface area contributed by atoms with Crippen LogP contribution in [0.1, 0.15) is 42.6 Å². The van der Waals surface area contributed by atoms with E-state index in [4.69, 9.17) is 10.5 Å². The molecule has 0 spiro atoms. The summed E-state index contributed by atoms with van der Waals surface area (Å²) in [6.07, 6.45) is 3.63. The molecule has 0 unspecified atom stereocenters. The molecule has 1 amide bonds. The number of hydrogen-bond acceptors (Lipinski definition) is 8. The molecule has 0 saturated carbocycles. The van der Waals surface area contributed by atoms with Crippen LogP contribution in [0, 0.1) is 0 Å². The number of carbonyl (C=O) groups is 1. The number of nitrogens with one attached hydrogen (secondary N) is 2. The molecular weight excluding hydrogens is 446 g/mol. The maximum absolute atomic E-state index is 13.5. The molecule has 1 fully saturated rings. The fourth-order valence-electron chi connectivity index (χ4n) is 4.41. The SMILES string of the molecule is CCC[C@@H](C)Nc1nc(N)nc2ccn(Cc3ccc(C(=O)N4CCNCC4)cc3OC)c(=O)c12. The lowest BCUT2D eigenvalue weighted by Gasteiger charge is -2.27. The van der Waals surface area contributed by atoms with Crippen LogP contribution in [0.3, 0.4) is 0 Å². The fourth-order valence-corrected chi connectivity index (χ4v) is 4.41. The van der Waals surface area contributed by atoms with Gasteiger partial charge in [0.1, 0.15) is 17.0 Å². The van der Waals surface area contributed by atoms with Gasteiger partial charge in [-0.2, -0.15) is 4.98 Å². The van der Waals surface area contributed by atoms with E-state index in [1.165, 1.54) is 0 Å². The highest BCUT2D eigenvalue weighted by Crippen LogP contribution is 2.24. The van der Waals surface area contributed by atoms with Crippen LogP contribution in [-0.4, -0.2) is 64.7 Å². The lowest BCUT2D eigenvalue weighted by molar-refractivity contribution is 0.0735. The monoisotopic (exact) mass is 479 g/mol. The average molecular weight is 480 g/mol. The summed E-state index contributed by atoms with van der Waals surface area (Å²) in [5, 5.41) is 6.96. The Morgan fingerprint density at radius 2 is 2.03 bits per heavy atom. The van der Waals surface area contributed by atoms with E-state index in [0.717, 1.165) is 31.5 Å². The first-order chi connectivity index (χ1) is 16.9. The molecule has 10 heteroatoms. The Balaban J connectivity index is 1.66. The molecule has 3 heterocycles. The number of anilines is 2. The van der Waals surface area contributed by atoms with Crippen LogP contribution in [0.15, 0.2) is 35.3 Å². The van der Waals surface area contributed by atoms with Gasteiger partial charge in [0.05, 0.1) is 19.2 Å². The lowest BCUT2D eigenvalue weighted by Crippen LogP contribution is -2.46. The van der Waals surface area contributed by atoms with E-state index in [9.17, 15) is 9.59 Å². The number of ether oxygens (including phenoxy) is 1. The number of piperazine rings is 1. The molecule has 10 nitrogen and oxygen atoms in total. The van der Waals surface area contributed by atoms with E-state index in [0.29, 0.717) is 41.1 Å². The van der Waals surface area contributed by atoms with Gasteiger partial charge in [-0.15, -0.1) is 0 Å². The van der Waals surface area contributed by atoms with E-state index < -0.39 is 0 Å². The number of aromatic nitrogens is 3. The summed E-state index contributed by atoms with van der Waals surface area (Å²) >= 11 is 0. The minimum Gasteiger partial charge on any atom is -0.496 e. The number of amides is 1. The molecule has 0 radical (unpaired) electrons. The number of nitrogen functional groups attached to an aromatic ring is 1. The summed E-state index contributed by atoms with van der Waals surface area (Å²) in [6, 6.07) is 7.27. The zero-order chi connectivity index (χ0) is 24.9. The third-order valence-electron chi connectivity index (χ3n) is 6.23. The molecule has 0 bridgehead atoms. The summed E-state index contributed by atoms with van der Waals surface area (Å²) < 4.78 is 7.18. The van der Waals surface area contributed by atoms with E-state index in [1.807, 2.05) is 17.9 Å². The molecule has 4 N–H and O–H groups in total. The molecule has 1 aliphatic heterocycles. The van der Waals surface area contributed by atoms with Crippen molar-refractivity contribution in [2.45, 2.75) is 39.3 Å². The zero-order valence-corrected chi connectivity index (χ0v) is 20.5. The summed E-state index contributed by atoms with van der Waals surface area (Å²) in [4.78, 5) is 36.8. The van der Waals surface area contributed by atoms with Crippen LogP contribution in [0.4, 0.5) is 11.8 Å². The molecule has 4 rings (SSSR count). The number of nitrogens with two attached hydrogens (primary N) is 1. The van der Waals surface area contributed by atoms with Crippen molar-refractivity contribution in [3.05, 3.63) is 51.9 Å². The molecule has 1 aromatic carbocycles. The van der Waals surface area contributed by atoms with Crippen molar-refractivity contribution in [3.63, 3.8) is 0 Å². The van der Waals surface area contributed by atoms with Crippen LogP contribution in [-0.2, 0) is 6.54 Å². The molecule has 0 aliphatic carbocycles. The van der Waals surface area contributed by atoms with Crippen molar-refractivity contribution in [1.29, 1.82) is 0 Å². The normalized spacial score (nSPS) is 14.7. The number of nitrogens with zero attached hydrogens (tertiary/aromatic N) is 4. The number of hydrogen-bond donors (Lipinski definition) is 3. The topological polar surface area (TPSA) is 127 Å². The molecule has 3 aromatic rings. The Morgan fingerprint density at radius 3 is 2.74 bits per heavy atom. The van der Waals surface area contributed by atoms with Gasteiger partial charge in [0.25, 0.3) is 11.5 Å². The standard InChI is InChI=1S/C25H33N7O3/c1-4-5-16(2)28-22-21-19(29-25(26)30-22)8-11-32(24(21)34)15-18-7-6-17(14-20(18)35-3)23(33)31-12-9-27-10-13-31/h6-8,11,14,16,27H,4-5,9-10,12-13,15H2,1-3H3,(H3,26,28,29,30)/t16-/m1/s1. The third kappa shape index (κ3) is 5.37. The maximum Gasteiger partial charge on any atom is 0.264 e. The van der Waals surface area contributed by atoms with Crippen molar-refractivity contribution in [1.82, 2.24) is 24.8 Å². The second kappa shape index (κ2) is 10.7. The minimum atomic E-state index is -0.225. The Hall–Kier alpha value is -3.66. The number of rotatable bonds is 8. The molecule has 186 valence electrons. The second-order valence-electron chi connectivity index (χ2n) is 8.84. The van der Waals surface area contributed by atoms with Gasteiger partial charge in [-0.3, -0.25) is 9.59 Å². The Labute approximate surface area is 204 Å². The van der Waals surface area contributed by atoms with Crippen LogP contribution in [0.5, 0.6) is 5.75 Å². The van der Waals surface area contributed by atoms with E-state index in [2.05, 4.69) is 27.5 Å². The molecule has 1 aliphatic rings. The van der Waals surface area contributed by atoms with Gasteiger partial charge in [-0.1, -0.05) is 19.4 Å². The number of pyridine rings is 1. The highest BCUT2D eigenvalue weighted by atomic mass is 16.5. The molecule has 35 heavy (non-hydrogen) atoms. The van der Waals surface area contributed by atoms with Gasteiger partial charge in [-0.05, 0) is 31.5 Å². The van der Waals surface area contributed by atoms with Gasteiger partial charge < -0.3 is 30.6 Å². The highest BCUT2D eigenvalue weighted by Gasteiger charge is 2.20. The van der Waals surface area contributed by atoms with Gasteiger partial charge in [0, 0.05) is 49.5 Å². The molecule has 2 aromatic heterocycles. The van der Waals surface area contributed by atoms with Crippen molar-refractivity contribution in [2.75, 3.05) is 44.3 Å². The molecule has 1 atom stereocenters. The van der Waals surface area contributed by atoms with E-state index in [-0.39, 0.29) is 30.0 Å². The Kier molecular flexibility index (Phi) is 7.50. The Morgan fingerprint density at radius 1 is 1.26 bits per heavy atom. The number of carbonyl (C=O) groups excluding carboxylic acids is 1. The predicted molar refractivity (Wildman–Crippen MR) is 137 cm³/mol. The highest BCUT2D eigenvalue weighted by molar-refractivity contribution is 5.95. The van der Waals surface area contributed by atoms with E-state index >= 15 is 0 Å². The van der Waals surface area contributed by atoms with Gasteiger partial charge >= 0.3 is 0 Å². The first-order valence-corrected chi connectivity index (χ1v) is 12.0. The van der Waals surface area contributed by atoms with Crippen LogP contribution >= 0.6 is 0 Å². The number of benzene rings is 1. The predicted octanol–water partition coefficient (Wildman–Crippen LogP) is 2.08. The first kappa shape index (κ1) is 24.5. The third-order valence-corrected chi connectivity index (χ3v) is 6.23. The van der Waals surface area contributed by atoms with Crippen molar-refractivity contribution >= 4 is 28.6 Å². The van der Waals surface area contributed by atoms with Gasteiger partial charge in [0.15, 0.2) is 0 Å². The zero-order valence-electron chi connectivity index (χ0n) is 20.5. The van der Waals surface area contributed by atoms with Crippen LogP contribution in [0.25, 0.3) is 10.9 Å². The first-order valence-electron chi connectivity index (χ1n) is 12.0. The summed E-state index contributed by atoms with van der Waals surface area (Å²) in [7, 11) is 1.56. The Bertz CT molecular complexity index is 1270. The maximum atomic E-state index is 13.5. The summed E-state index contributed by atoms with van der Waals surface area (Å²) in [6.45, 7) is 7.35. The van der Waals surface area contributed by atoms with E-state index in [1.54, 1.807) is 36.1 Å². The van der Waals surface area contributed by atoms with Gasteiger partial charge in [-0.25, -0.2) is 4.98 Å². The van der Waals surface area contributed by atoms with Gasteiger partial charge in [0.2, 0.25) is 5.95 Å². The number of fused-ring (bicyclic) bond motifs is 1. The average Bonchev–Trinajstić information content (AvgIpc) is 2.85. The quantitative estimate of drug-likeness (QED) is 0.448.